The molecule has 0 bridgehead atoms. The van der Waals surface area contributed by atoms with Gasteiger partial charge in [0.2, 0.25) is 0 Å². The molecule has 0 aliphatic heterocycles. The summed E-state index contributed by atoms with van der Waals surface area (Å²) in [6.07, 6.45) is 0. The number of hydrogen-bond donors (Lipinski definition) is 0. The first-order chi connectivity index (χ1) is 3.39. The molecule has 1 N–H and O–H groups in total. The standard InChI is InChI=1S/C6H6N.CH3.BrH.Mg/c7-6-4-2-1-3-5-6;;;/h1-5,7H;1H3;1H;/q2*-1;;+2/p-1. The zero-order valence-corrected chi connectivity index (χ0v) is 8.97. The molecule has 0 radical (unpaired) electrons. The summed E-state index contributed by atoms with van der Waals surface area (Å²) in [5.41, 5.74) is 7.57. The van der Waals surface area contributed by atoms with Gasteiger partial charge < -0.3 is 30.1 Å². The molecule has 3 heteroatoms. The Labute approximate surface area is 88.9 Å². The Morgan fingerprint density at radius 3 is 1.60 bits per heavy atom. The van der Waals surface area contributed by atoms with Crippen molar-refractivity contribution in [2.45, 2.75) is 0 Å². The second-order valence-corrected chi connectivity index (χ2v) is 1.37. The van der Waals surface area contributed by atoms with Crippen molar-refractivity contribution in [3.05, 3.63) is 43.5 Å². The molecule has 0 spiro atoms. The summed E-state index contributed by atoms with van der Waals surface area (Å²) in [7, 11) is 0. The molecule has 0 aromatic heterocycles. The van der Waals surface area contributed by atoms with Crippen molar-refractivity contribution in [2.24, 2.45) is 0 Å². The first-order valence-corrected chi connectivity index (χ1v) is 2.16. The van der Waals surface area contributed by atoms with Crippen LogP contribution in [0.1, 0.15) is 0 Å². The average Bonchev–Trinajstić information content (AvgIpc) is 1.69. The van der Waals surface area contributed by atoms with Gasteiger partial charge in [-0.25, -0.2) is 0 Å². The van der Waals surface area contributed by atoms with Crippen LogP contribution >= 0.6 is 0 Å². The Balaban J connectivity index is -0.000000163. The largest absolute Gasteiger partial charge is 2.00 e. The fraction of sp³-hybridized carbons (Fsp3) is 0. The fourth-order valence-corrected chi connectivity index (χ4v) is 0.438. The molecule has 0 aliphatic rings. The van der Waals surface area contributed by atoms with Gasteiger partial charge in [0.25, 0.3) is 0 Å². The van der Waals surface area contributed by atoms with E-state index in [-0.39, 0.29) is 47.5 Å². The summed E-state index contributed by atoms with van der Waals surface area (Å²) < 4.78 is 0. The number of rotatable bonds is 0. The predicted octanol–water partition coefficient (Wildman–Crippen LogP) is -0.556. The SMILES string of the molecule is [Br-].[CH3-].[Mg+2].[NH-]c1ccccc1. The topological polar surface area (TPSA) is 23.8 Å². The summed E-state index contributed by atoms with van der Waals surface area (Å²) >= 11 is 0. The van der Waals surface area contributed by atoms with E-state index in [1.165, 1.54) is 0 Å². The van der Waals surface area contributed by atoms with Gasteiger partial charge in [0, 0.05) is 0 Å². The Morgan fingerprint density at radius 1 is 1.00 bits per heavy atom. The van der Waals surface area contributed by atoms with E-state index in [2.05, 4.69) is 0 Å². The monoisotopic (exact) mass is 210 g/mol. The van der Waals surface area contributed by atoms with Gasteiger partial charge in [-0.05, 0) is 0 Å². The van der Waals surface area contributed by atoms with Crippen LogP contribution in [0.15, 0.2) is 30.3 Å². The van der Waals surface area contributed by atoms with E-state index < -0.39 is 0 Å². The first-order valence-electron chi connectivity index (χ1n) is 2.16. The average molecular weight is 211 g/mol. The molecule has 0 heterocycles. The summed E-state index contributed by atoms with van der Waals surface area (Å²) in [6.45, 7) is 0. The van der Waals surface area contributed by atoms with Crippen LogP contribution in [-0.4, -0.2) is 23.1 Å². The third-order valence-electron chi connectivity index (χ3n) is 0.774. The molecule has 1 aromatic carbocycles. The van der Waals surface area contributed by atoms with Gasteiger partial charge in [0.05, 0.1) is 0 Å². The quantitative estimate of drug-likeness (QED) is 0.406. The Bertz CT molecular complexity index is 144. The number of hydrogen-bond acceptors (Lipinski definition) is 0. The van der Waals surface area contributed by atoms with Crippen LogP contribution in [-0.2, 0) is 0 Å². The molecule has 1 nitrogen and oxygen atoms in total. The molecule has 0 saturated heterocycles. The molecule has 52 valence electrons. The minimum Gasteiger partial charge on any atom is -1.00 e. The zero-order chi connectivity index (χ0) is 5.11. The van der Waals surface area contributed by atoms with Crippen LogP contribution in [0.3, 0.4) is 0 Å². The molecule has 0 fully saturated rings. The molecule has 0 aliphatic carbocycles. The Hall–Kier alpha value is 0.266. The van der Waals surface area contributed by atoms with Crippen LogP contribution in [0.4, 0.5) is 5.69 Å². The van der Waals surface area contributed by atoms with E-state index in [4.69, 9.17) is 5.73 Å². The molecule has 0 amide bonds. The molecule has 0 unspecified atom stereocenters. The molecular formula is C7H9BrMgN-. The molecule has 10 heavy (non-hydrogen) atoms. The molecule has 1 aromatic rings. The third kappa shape index (κ3) is 6.39. The summed E-state index contributed by atoms with van der Waals surface area (Å²) in [4.78, 5) is 0. The van der Waals surface area contributed by atoms with E-state index >= 15 is 0 Å². The summed E-state index contributed by atoms with van der Waals surface area (Å²) in [6, 6.07) is 9.10. The van der Waals surface area contributed by atoms with Crippen LogP contribution in [0.5, 0.6) is 0 Å². The van der Waals surface area contributed by atoms with Crippen molar-refractivity contribution < 1.29 is 17.0 Å². The zero-order valence-electron chi connectivity index (χ0n) is 5.97. The van der Waals surface area contributed by atoms with E-state index in [0.29, 0.717) is 5.69 Å². The van der Waals surface area contributed by atoms with Crippen molar-refractivity contribution in [1.29, 1.82) is 0 Å². The number of nitrogens with one attached hydrogen (secondary N) is 1. The minimum atomic E-state index is 0. The summed E-state index contributed by atoms with van der Waals surface area (Å²) in [5.74, 6) is 0. The third-order valence-corrected chi connectivity index (χ3v) is 0.774. The van der Waals surface area contributed by atoms with Gasteiger partial charge in [-0.3, -0.25) is 0 Å². The first kappa shape index (κ1) is 16.7. The van der Waals surface area contributed by atoms with Crippen molar-refractivity contribution >= 4 is 28.7 Å². The molecule has 0 atom stereocenters. The van der Waals surface area contributed by atoms with Gasteiger partial charge in [-0.2, -0.15) is 0 Å². The number of benzene rings is 1. The van der Waals surface area contributed by atoms with Crippen molar-refractivity contribution in [3.8, 4) is 0 Å². The van der Waals surface area contributed by atoms with Gasteiger partial charge in [-0.15, -0.1) is 5.69 Å². The van der Waals surface area contributed by atoms with Gasteiger partial charge in [0.15, 0.2) is 0 Å². The van der Waals surface area contributed by atoms with E-state index in [0.717, 1.165) is 0 Å². The van der Waals surface area contributed by atoms with Gasteiger partial charge >= 0.3 is 23.1 Å². The second kappa shape index (κ2) is 9.27. The van der Waals surface area contributed by atoms with Gasteiger partial charge in [0.1, 0.15) is 0 Å². The molecular weight excluding hydrogens is 202 g/mol. The normalized spacial score (nSPS) is 6.00. The molecule has 1 rings (SSSR count). The smallest absolute Gasteiger partial charge is 1.00 e. The second-order valence-electron chi connectivity index (χ2n) is 1.37. The minimum absolute atomic E-state index is 0. The fourth-order valence-electron chi connectivity index (χ4n) is 0.438. The predicted molar refractivity (Wildman–Crippen MR) is 42.6 cm³/mol. The van der Waals surface area contributed by atoms with Crippen LogP contribution in [0.2, 0.25) is 0 Å². The molecule has 0 saturated carbocycles. The maximum absolute atomic E-state index is 7.00. The maximum atomic E-state index is 7.00. The van der Waals surface area contributed by atoms with E-state index in [9.17, 15) is 0 Å². The van der Waals surface area contributed by atoms with Crippen molar-refractivity contribution in [3.63, 3.8) is 0 Å². The van der Waals surface area contributed by atoms with Crippen molar-refractivity contribution in [1.82, 2.24) is 0 Å². The van der Waals surface area contributed by atoms with Crippen molar-refractivity contribution in [2.75, 3.05) is 0 Å². The van der Waals surface area contributed by atoms with Crippen LogP contribution in [0.25, 0.3) is 5.73 Å². The van der Waals surface area contributed by atoms with Crippen LogP contribution in [0, 0.1) is 7.43 Å². The Kier molecular flexibility index (Phi) is 15.5. The van der Waals surface area contributed by atoms with E-state index in [1.54, 1.807) is 12.1 Å². The van der Waals surface area contributed by atoms with E-state index in [1.807, 2.05) is 18.2 Å². The number of halogens is 1. The Morgan fingerprint density at radius 2 is 1.40 bits per heavy atom. The van der Waals surface area contributed by atoms with Crippen LogP contribution < -0.4 is 17.0 Å². The van der Waals surface area contributed by atoms with Gasteiger partial charge in [-0.1, -0.05) is 30.3 Å². The maximum Gasteiger partial charge on any atom is 2.00 e. The summed E-state index contributed by atoms with van der Waals surface area (Å²) in [5, 5.41) is 0.